The summed E-state index contributed by atoms with van der Waals surface area (Å²) in [6.07, 6.45) is 4.28. The van der Waals surface area contributed by atoms with Crippen molar-refractivity contribution in [2.45, 2.75) is 51.4 Å². The Morgan fingerprint density at radius 2 is 1.88 bits per heavy atom. The minimum atomic E-state index is -2.38. The molecule has 0 aromatic rings. The van der Waals surface area contributed by atoms with Crippen LogP contribution in [0.25, 0.3) is 0 Å². The van der Waals surface area contributed by atoms with E-state index in [1.165, 1.54) is 0 Å². The summed E-state index contributed by atoms with van der Waals surface area (Å²) in [5, 5.41) is 3.24. The number of alkyl halides is 2. The van der Waals surface area contributed by atoms with Crippen LogP contribution in [0.15, 0.2) is 0 Å². The summed E-state index contributed by atoms with van der Waals surface area (Å²) in [5.74, 6) is -1.55. The quantitative estimate of drug-likeness (QED) is 0.784. The molecule has 2 fully saturated rings. The van der Waals surface area contributed by atoms with E-state index in [-0.39, 0.29) is 18.8 Å². The number of rotatable bonds is 3. The van der Waals surface area contributed by atoms with Crippen molar-refractivity contribution in [2.24, 2.45) is 17.3 Å². The molecule has 0 bridgehead atoms. The van der Waals surface area contributed by atoms with Gasteiger partial charge >= 0.3 is 0 Å². The lowest BCUT2D eigenvalue weighted by atomic mass is 9.80. The first-order chi connectivity index (χ1) is 7.50. The van der Waals surface area contributed by atoms with E-state index in [9.17, 15) is 8.78 Å². The second kappa shape index (κ2) is 4.25. The first-order valence-electron chi connectivity index (χ1n) is 6.53. The Labute approximate surface area is 97.0 Å². The molecule has 0 aromatic heterocycles. The van der Waals surface area contributed by atoms with Gasteiger partial charge in [0.1, 0.15) is 0 Å². The van der Waals surface area contributed by atoms with Gasteiger partial charge in [0.25, 0.3) is 0 Å². The lowest BCUT2D eigenvalue weighted by Gasteiger charge is -2.31. The molecule has 1 N–H and O–H groups in total. The molecule has 94 valence electrons. The standard InChI is InChI=1S/C13H23F2N/c1-3-12(9-16-2)6-10-4-5-13(14,15)8-11(10)7-12/h10-11,16H,3-9H2,1-2H3. The third-order valence-electron chi connectivity index (χ3n) is 4.80. The van der Waals surface area contributed by atoms with Gasteiger partial charge in [-0.3, -0.25) is 0 Å². The Morgan fingerprint density at radius 1 is 1.19 bits per heavy atom. The zero-order valence-corrected chi connectivity index (χ0v) is 10.4. The van der Waals surface area contributed by atoms with E-state index < -0.39 is 5.92 Å². The summed E-state index contributed by atoms with van der Waals surface area (Å²) in [6.45, 7) is 3.19. The van der Waals surface area contributed by atoms with Crippen LogP contribution in [-0.4, -0.2) is 19.5 Å². The fourth-order valence-electron chi connectivity index (χ4n) is 3.92. The maximum atomic E-state index is 13.4. The van der Waals surface area contributed by atoms with Gasteiger partial charge in [0.2, 0.25) is 5.92 Å². The molecule has 2 aliphatic carbocycles. The summed E-state index contributed by atoms with van der Waals surface area (Å²) in [4.78, 5) is 0. The van der Waals surface area contributed by atoms with Crippen LogP contribution in [0, 0.1) is 17.3 Å². The van der Waals surface area contributed by atoms with Crippen molar-refractivity contribution in [3.63, 3.8) is 0 Å². The van der Waals surface area contributed by atoms with E-state index in [2.05, 4.69) is 12.2 Å². The summed E-state index contributed by atoms with van der Waals surface area (Å²) in [7, 11) is 1.97. The maximum Gasteiger partial charge on any atom is 0.248 e. The predicted octanol–water partition coefficient (Wildman–Crippen LogP) is 3.45. The van der Waals surface area contributed by atoms with E-state index in [1.807, 2.05) is 7.05 Å². The summed E-state index contributed by atoms with van der Waals surface area (Å²) >= 11 is 0. The second-order valence-electron chi connectivity index (χ2n) is 5.91. The van der Waals surface area contributed by atoms with E-state index in [0.717, 1.165) is 32.2 Å². The minimum Gasteiger partial charge on any atom is -0.319 e. The molecular weight excluding hydrogens is 208 g/mol. The van der Waals surface area contributed by atoms with E-state index in [1.54, 1.807) is 0 Å². The molecule has 3 heteroatoms. The molecule has 2 saturated carbocycles. The first kappa shape index (κ1) is 12.3. The number of hydrogen-bond donors (Lipinski definition) is 1. The zero-order chi connectivity index (χ0) is 11.8. The van der Waals surface area contributed by atoms with Crippen molar-refractivity contribution in [1.82, 2.24) is 5.32 Å². The van der Waals surface area contributed by atoms with Crippen LogP contribution in [0.1, 0.15) is 45.4 Å². The molecule has 0 radical (unpaired) electrons. The van der Waals surface area contributed by atoms with Crippen LogP contribution in [0.4, 0.5) is 8.78 Å². The number of nitrogens with one attached hydrogen (secondary N) is 1. The van der Waals surface area contributed by atoms with Gasteiger partial charge < -0.3 is 5.32 Å². The van der Waals surface area contributed by atoms with Crippen molar-refractivity contribution >= 4 is 0 Å². The smallest absolute Gasteiger partial charge is 0.248 e. The van der Waals surface area contributed by atoms with Crippen molar-refractivity contribution in [2.75, 3.05) is 13.6 Å². The monoisotopic (exact) mass is 231 g/mol. The van der Waals surface area contributed by atoms with Crippen molar-refractivity contribution in [3.05, 3.63) is 0 Å². The van der Waals surface area contributed by atoms with E-state index >= 15 is 0 Å². The van der Waals surface area contributed by atoms with Crippen LogP contribution in [-0.2, 0) is 0 Å². The highest BCUT2D eigenvalue weighted by Gasteiger charge is 2.50. The van der Waals surface area contributed by atoms with Crippen molar-refractivity contribution in [1.29, 1.82) is 0 Å². The number of hydrogen-bond acceptors (Lipinski definition) is 1. The molecule has 16 heavy (non-hydrogen) atoms. The molecule has 0 aliphatic heterocycles. The molecule has 0 saturated heterocycles. The van der Waals surface area contributed by atoms with Gasteiger partial charge in [-0.15, -0.1) is 0 Å². The van der Waals surface area contributed by atoms with Crippen LogP contribution >= 0.6 is 0 Å². The predicted molar refractivity (Wildman–Crippen MR) is 61.7 cm³/mol. The topological polar surface area (TPSA) is 12.0 Å². The molecular formula is C13H23F2N. The molecule has 3 atom stereocenters. The van der Waals surface area contributed by atoms with Crippen LogP contribution < -0.4 is 5.32 Å². The molecule has 0 amide bonds. The fourth-order valence-corrected chi connectivity index (χ4v) is 3.92. The second-order valence-corrected chi connectivity index (χ2v) is 5.91. The maximum absolute atomic E-state index is 13.4. The molecule has 2 rings (SSSR count). The Hall–Kier alpha value is -0.180. The largest absolute Gasteiger partial charge is 0.319 e. The highest BCUT2D eigenvalue weighted by molar-refractivity contribution is 4.98. The van der Waals surface area contributed by atoms with Crippen molar-refractivity contribution < 1.29 is 8.78 Å². The number of fused-ring (bicyclic) bond motifs is 1. The minimum absolute atomic E-state index is 0.119. The normalized spacial score (nSPS) is 42.0. The molecule has 2 aliphatic rings. The van der Waals surface area contributed by atoms with Gasteiger partial charge in [-0.1, -0.05) is 6.92 Å². The van der Waals surface area contributed by atoms with Gasteiger partial charge in [-0.25, -0.2) is 8.78 Å². The Morgan fingerprint density at radius 3 is 2.50 bits per heavy atom. The third-order valence-corrected chi connectivity index (χ3v) is 4.80. The van der Waals surface area contributed by atoms with Crippen LogP contribution in [0.5, 0.6) is 0 Å². The first-order valence-corrected chi connectivity index (χ1v) is 6.53. The molecule has 0 spiro atoms. The van der Waals surface area contributed by atoms with Gasteiger partial charge in [0.05, 0.1) is 0 Å². The lowest BCUT2D eigenvalue weighted by Crippen LogP contribution is -2.30. The Balaban J connectivity index is 2.05. The number of halogens is 2. The highest BCUT2D eigenvalue weighted by atomic mass is 19.3. The van der Waals surface area contributed by atoms with Gasteiger partial charge in [-0.05, 0) is 50.0 Å². The van der Waals surface area contributed by atoms with Gasteiger partial charge in [0.15, 0.2) is 0 Å². The summed E-state index contributed by atoms with van der Waals surface area (Å²) < 4.78 is 26.7. The third kappa shape index (κ3) is 2.24. The SMILES string of the molecule is CCC1(CNC)CC2CCC(F)(F)CC2C1. The van der Waals surface area contributed by atoms with Crippen LogP contribution in [0.2, 0.25) is 0 Å². The van der Waals surface area contributed by atoms with Crippen LogP contribution in [0.3, 0.4) is 0 Å². The highest BCUT2D eigenvalue weighted by Crippen LogP contribution is 2.55. The van der Waals surface area contributed by atoms with E-state index in [0.29, 0.717) is 11.3 Å². The average Bonchev–Trinajstić information content (AvgIpc) is 2.55. The Bertz CT molecular complexity index is 254. The zero-order valence-electron chi connectivity index (χ0n) is 10.4. The average molecular weight is 231 g/mol. The molecule has 3 unspecified atom stereocenters. The summed E-state index contributed by atoms with van der Waals surface area (Å²) in [5.41, 5.74) is 0.296. The van der Waals surface area contributed by atoms with Gasteiger partial charge in [0, 0.05) is 19.4 Å². The van der Waals surface area contributed by atoms with Gasteiger partial charge in [-0.2, -0.15) is 0 Å². The summed E-state index contributed by atoms with van der Waals surface area (Å²) in [6, 6.07) is 0. The fraction of sp³-hybridized carbons (Fsp3) is 1.00. The van der Waals surface area contributed by atoms with Crippen molar-refractivity contribution in [3.8, 4) is 0 Å². The van der Waals surface area contributed by atoms with E-state index in [4.69, 9.17) is 0 Å². The lowest BCUT2D eigenvalue weighted by molar-refractivity contribution is -0.0635. The molecule has 0 aromatic carbocycles. The molecule has 1 nitrogen and oxygen atoms in total. The Kier molecular flexibility index (Phi) is 3.26. The molecule has 0 heterocycles.